The van der Waals surface area contributed by atoms with Gasteiger partial charge >= 0.3 is 5.97 Å². The highest BCUT2D eigenvalue weighted by Gasteiger charge is 2.06. The second-order valence-electron chi connectivity index (χ2n) is 3.91. The van der Waals surface area contributed by atoms with Crippen LogP contribution in [0.5, 0.6) is 5.75 Å². The fourth-order valence-corrected chi connectivity index (χ4v) is 1.72. The maximum absolute atomic E-state index is 11.3. The number of ether oxygens (including phenoxy) is 2. The van der Waals surface area contributed by atoms with E-state index >= 15 is 0 Å². The number of hydrogen-bond donors (Lipinski definition) is 0. The van der Waals surface area contributed by atoms with Gasteiger partial charge in [-0.25, -0.2) is 4.79 Å². The van der Waals surface area contributed by atoms with Gasteiger partial charge in [-0.3, -0.25) is 0 Å². The van der Waals surface area contributed by atoms with Crippen LogP contribution >= 0.6 is 0 Å². The van der Waals surface area contributed by atoms with E-state index in [1.165, 1.54) is 7.11 Å². The van der Waals surface area contributed by atoms with E-state index in [9.17, 15) is 4.79 Å². The molecule has 0 spiro atoms. The van der Waals surface area contributed by atoms with Crippen LogP contribution in [-0.2, 0) is 11.3 Å². The second kappa shape index (κ2) is 5.40. The second-order valence-corrected chi connectivity index (χ2v) is 3.91. The van der Waals surface area contributed by atoms with E-state index in [1.54, 1.807) is 19.4 Å². The number of methoxy groups -OCH3 is 2. The minimum Gasteiger partial charge on any atom is -0.497 e. The van der Waals surface area contributed by atoms with Gasteiger partial charge in [0.05, 0.1) is 19.8 Å². The summed E-state index contributed by atoms with van der Waals surface area (Å²) in [4.78, 5) is 11.3. The Morgan fingerprint density at radius 2 is 1.89 bits per heavy atom. The van der Waals surface area contributed by atoms with E-state index in [4.69, 9.17) is 4.74 Å². The quantitative estimate of drug-likeness (QED) is 0.776. The molecule has 94 valence electrons. The summed E-state index contributed by atoms with van der Waals surface area (Å²) in [6.45, 7) is 0.709. The Balaban J connectivity index is 2.08. The fourth-order valence-electron chi connectivity index (χ4n) is 1.72. The van der Waals surface area contributed by atoms with Crippen molar-refractivity contribution in [2.24, 2.45) is 0 Å². The standard InChI is InChI=1S/C14H15NO3/c1-17-13-5-3-11(4-6-13)9-15-8-7-12(10-15)14(16)18-2/h3-8,10H,9H2,1-2H3. The summed E-state index contributed by atoms with van der Waals surface area (Å²) >= 11 is 0. The predicted molar refractivity (Wildman–Crippen MR) is 67.9 cm³/mol. The summed E-state index contributed by atoms with van der Waals surface area (Å²) < 4.78 is 11.7. The molecule has 18 heavy (non-hydrogen) atoms. The van der Waals surface area contributed by atoms with E-state index in [0.29, 0.717) is 12.1 Å². The molecule has 0 bridgehead atoms. The highest BCUT2D eigenvalue weighted by molar-refractivity contribution is 5.89. The van der Waals surface area contributed by atoms with Gasteiger partial charge in [-0.1, -0.05) is 12.1 Å². The van der Waals surface area contributed by atoms with Gasteiger partial charge in [-0.05, 0) is 23.8 Å². The van der Waals surface area contributed by atoms with Gasteiger partial charge in [-0.2, -0.15) is 0 Å². The van der Waals surface area contributed by atoms with Crippen molar-refractivity contribution in [1.29, 1.82) is 0 Å². The minimum atomic E-state index is -0.316. The van der Waals surface area contributed by atoms with Crippen LogP contribution < -0.4 is 4.74 Å². The van der Waals surface area contributed by atoms with Crippen LogP contribution in [0.15, 0.2) is 42.7 Å². The summed E-state index contributed by atoms with van der Waals surface area (Å²) in [5.74, 6) is 0.519. The summed E-state index contributed by atoms with van der Waals surface area (Å²) in [7, 11) is 3.02. The van der Waals surface area contributed by atoms with Crippen molar-refractivity contribution in [3.05, 3.63) is 53.9 Å². The van der Waals surface area contributed by atoms with Crippen molar-refractivity contribution < 1.29 is 14.3 Å². The Morgan fingerprint density at radius 1 is 1.17 bits per heavy atom. The number of carbonyl (C=O) groups excluding carboxylic acids is 1. The first-order chi connectivity index (χ1) is 8.72. The van der Waals surface area contributed by atoms with Crippen LogP contribution in [0.4, 0.5) is 0 Å². The highest BCUT2D eigenvalue weighted by Crippen LogP contribution is 2.13. The molecule has 0 saturated carbocycles. The average molecular weight is 245 g/mol. The van der Waals surface area contributed by atoms with Crippen molar-refractivity contribution in [3.8, 4) is 5.75 Å². The van der Waals surface area contributed by atoms with Gasteiger partial charge in [0.1, 0.15) is 5.75 Å². The molecule has 0 aliphatic heterocycles. The molecule has 0 aliphatic rings. The van der Waals surface area contributed by atoms with Gasteiger partial charge in [-0.15, -0.1) is 0 Å². The van der Waals surface area contributed by atoms with E-state index in [-0.39, 0.29) is 5.97 Å². The lowest BCUT2D eigenvalue weighted by Crippen LogP contribution is -2.00. The van der Waals surface area contributed by atoms with Crippen LogP contribution in [0.2, 0.25) is 0 Å². The molecule has 2 aromatic rings. The molecule has 1 heterocycles. The zero-order valence-electron chi connectivity index (χ0n) is 10.4. The van der Waals surface area contributed by atoms with Crippen LogP contribution in [0.3, 0.4) is 0 Å². The van der Waals surface area contributed by atoms with Crippen molar-refractivity contribution in [2.75, 3.05) is 14.2 Å². The third-order valence-corrected chi connectivity index (χ3v) is 2.70. The number of benzene rings is 1. The molecule has 2 rings (SSSR count). The predicted octanol–water partition coefficient (Wildman–Crippen LogP) is 2.33. The molecule has 4 heteroatoms. The Labute approximate surface area is 106 Å². The summed E-state index contributed by atoms with van der Waals surface area (Å²) in [6.07, 6.45) is 3.63. The molecule has 0 aliphatic carbocycles. The maximum atomic E-state index is 11.3. The van der Waals surface area contributed by atoms with Crippen LogP contribution in [0.1, 0.15) is 15.9 Å². The largest absolute Gasteiger partial charge is 0.497 e. The van der Waals surface area contributed by atoms with Gasteiger partial charge in [0.2, 0.25) is 0 Å². The van der Waals surface area contributed by atoms with Crippen LogP contribution in [-0.4, -0.2) is 24.8 Å². The first-order valence-corrected chi connectivity index (χ1v) is 5.60. The fraction of sp³-hybridized carbons (Fsp3) is 0.214. The lowest BCUT2D eigenvalue weighted by Gasteiger charge is -2.04. The Kier molecular flexibility index (Phi) is 3.67. The number of carbonyl (C=O) groups is 1. The van der Waals surface area contributed by atoms with Crippen LogP contribution in [0, 0.1) is 0 Å². The molecule has 4 nitrogen and oxygen atoms in total. The zero-order chi connectivity index (χ0) is 13.0. The molecular weight excluding hydrogens is 230 g/mol. The molecule has 0 unspecified atom stereocenters. The SMILES string of the molecule is COC(=O)c1ccn(Cc2ccc(OC)cc2)c1. The summed E-state index contributed by atoms with van der Waals surface area (Å²) in [5.41, 5.74) is 1.70. The van der Waals surface area contributed by atoms with Crippen molar-refractivity contribution in [2.45, 2.75) is 6.54 Å². The number of aromatic nitrogens is 1. The van der Waals surface area contributed by atoms with E-state index in [0.717, 1.165) is 11.3 Å². The van der Waals surface area contributed by atoms with E-state index < -0.39 is 0 Å². The molecule has 1 aromatic heterocycles. The van der Waals surface area contributed by atoms with E-state index in [2.05, 4.69) is 4.74 Å². The number of esters is 1. The van der Waals surface area contributed by atoms with E-state index in [1.807, 2.05) is 35.0 Å². The molecule has 0 atom stereocenters. The summed E-state index contributed by atoms with van der Waals surface area (Å²) in [5, 5.41) is 0. The molecule has 1 aromatic carbocycles. The highest BCUT2D eigenvalue weighted by atomic mass is 16.5. The first kappa shape index (κ1) is 12.2. The van der Waals surface area contributed by atoms with Gasteiger partial charge in [0.25, 0.3) is 0 Å². The maximum Gasteiger partial charge on any atom is 0.339 e. The van der Waals surface area contributed by atoms with Crippen molar-refractivity contribution >= 4 is 5.97 Å². The smallest absolute Gasteiger partial charge is 0.339 e. The molecule has 0 saturated heterocycles. The molecule has 0 fully saturated rings. The van der Waals surface area contributed by atoms with Gasteiger partial charge < -0.3 is 14.0 Å². The normalized spacial score (nSPS) is 10.1. The topological polar surface area (TPSA) is 40.5 Å². The lowest BCUT2D eigenvalue weighted by molar-refractivity contribution is 0.0600. The minimum absolute atomic E-state index is 0.316. The molecule has 0 N–H and O–H groups in total. The summed E-state index contributed by atoms with van der Waals surface area (Å²) in [6, 6.07) is 9.57. The van der Waals surface area contributed by atoms with Crippen LogP contribution in [0.25, 0.3) is 0 Å². The number of rotatable bonds is 4. The van der Waals surface area contributed by atoms with Gasteiger partial charge in [0, 0.05) is 18.9 Å². The molecule has 0 amide bonds. The molecular formula is C14H15NO3. The Morgan fingerprint density at radius 3 is 2.50 bits per heavy atom. The number of nitrogens with zero attached hydrogens (tertiary/aromatic N) is 1. The van der Waals surface area contributed by atoms with Gasteiger partial charge in [0.15, 0.2) is 0 Å². The third kappa shape index (κ3) is 2.71. The molecule has 0 radical (unpaired) electrons. The first-order valence-electron chi connectivity index (χ1n) is 5.60. The number of hydrogen-bond acceptors (Lipinski definition) is 3. The zero-order valence-corrected chi connectivity index (χ0v) is 10.4. The monoisotopic (exact) mass is 245 g/mol. The Hall–Kier alpha value is -2.23. The third-order valence-electron chi connectivity index (χ3n) is 2.70. The Bertz CT molecular complexity index is 528. The van der Waals surface area contributed by atoms with Crippen molar-refractivity contribution in [3.63, 3.8) is 0 Å². The lowest BCUT2D eigenvalue weighted by atomic mass is 10.2. The average Bonchev–Trinajstić information content (AvgIpc) is 2.87. The van der Waals surface area contributed by atoms with Crippen molar-refractivity contribution in [1.82, 2.24) is 4.57 Å².